The van der Waals surface area contributed by atoms with E-state index in [1.54, 1.807) is 27.7 Å². The standard InChI is InChI=1S/C26H21N5O2S/c1-3-13-27-26-31(18(2)17-34-26)28-15-20-16-30(21-10-5-4-6-11-21)29-24(20)22-14-19-9-7-8-12-23(19)33-25(22)32/h3-12,14-17H,1,13H2,2H3. The zero-order valence-corrected chi connectivity index (χ0v) is 19.3. The highest BCUT2D eigenvalue weighted by Gasteiger charge is 2.16. The van der Waals surface area contributed by atoms with Crippen LogP contribution in [0.5, 0.6) is 0 Å². The third kappa shape index (κ3) is 4.18. The number of fused-ring (bicyclic) bond motifs is 1. The van der Waals surface area contributed by atoms with Crippen molar-refractivity contribution in [1.82, 2.24) is 14.5 Å². The lowest BCUT2D eigenvalue weighted by molar-refractivity contribution is 0.563. The molecule has 0 aliphatic heterocycles. The monoisotopic (exact) mass is 467 g/mol. The van der Waals surface area contributed by atoms with Crippen LogP contribution in [0.4, 0.5) is 0 Å². The fraction of sp³-hybridized carbons (Fsp3) is 0.0769. The molecule has 7 nitrogen and oxygen atoms in total. The molecule has 34 heavy (non-hydrogen) atoms. The molecule has 0 atom stereocenters. The topological polar surface area (TPSA) is 77.7 Å². The summed E-state index contributed by atoms with van der Waals surface area (Å²) in [4.78, 5) is 18.2. The Bertz CT molecular complexity index is 1640. The molecule has 3 heterocycles. The molecule has 0 saturated heterocycles. The van der Waals surface area contributed by atoms with Crippen molar-refractivity contribution in [2.24, 2.45) is 10.1 Å². The van der Waals surface area contributed by atoms with E-state index in [1.807, 2.05) is 73.1 Å². The summed E-state index contributed by atoms with van der Waals surface area (Å²) >= 11 is 1.51. The first-order chi connectivity index (χ1) is 16.6. The molecule has 0 unspecified atom stereocenters. The van der Waals surface area contributed by atoms with Crippen LogP contribution >= 0.6 is 11.3 Å². The molecule has 0 fully saturated rings. The Morgan fingerprint density at radius 3 is 2.76 bits per heavy atom. The molecular formula is C26H21N5O2S. The Hall–Kier alpha value is -4.30. The van der Waals surface area contributed by atoms with Crippen LogP contribution in [-0.2, 0) is 0 Å². The molecule has 5 aromatic rings. The molecule has 0 saturated carbocycles. The van der Waals surface area contributed by atoms with Gasteiger partial charge in [-0.15, -0.1) is 17.9 Å². The highest BCUT2D eigenvalue weighted by molar-refractivity contribution is 7.07. The van der Waals surface area contributed by atoms with E-state index in [2.05, 4.69) is 16.7 Å². The van der Waals surface area contributed by atoms with Crippen LogP contribution < -0.4 is 10.4 Å². The summed E-state index contributed by atoms with van der Waals surface area (Å²) in [5.74, 6) is 0. The predicted octanol–water partition coefficient (Wildman–Crippen LogP) is 4.79. The molecule has 168 valence electrons. The van der Waals surface area contributed by atoms with E-state index in [4.69, 9.17) is 9.52 Å². The van der Waals surface area contributed by atoms with Crippen molar-refractivity contribution in [3.63, 3.8) is 0 Å². The fourth-order valence-electron chi connectivity index (χ4n) is 3.53. The highest BCUT2D eigenvalue weighted by Crippen LogP contribution is 2.23. The van der Waals surface area contributed by atoms with Gasteiger partial charge in [-0.25, -0.2) is 14.2 Å². The summed E-state index contributed by atoms with van der Waals surface area (Å²) in [6, 6.07) is 18.9. The molecule has 2 aromatic carbocycles. The number of rotatable bonds is 6. The van der Waals surface area contributed by atoms with Crippen molar-refractivity contribution >= 4 is 28.5 Å². The number of nitrogens with zero attached hydrogens (tertiary/aromatic N) is 5. The van der Waals surface area contributed by atoms with Gasteiger partial charge in [0.25, 0.3) is 0 Å². The van der Waals surface area contributed by atoms with Crippen molar-refractivity contribution in [2.45, 2.75) is 6.92 Å². The number of aryl methyl sites for hydroxylation is 1. The summed E-state index contributed by atoms with van der Waals surface area (Å²) in [6.07, 6.45) is 5.29. The number of aromatic nitrogens is 3. The van der Waals surface area contributed by atoms with Gasteiger partial charge >= 0.3 is 5.63 Å². The molecule has 0 aliphatic rings. The van der Waals surface area contributed by atoms with Crippen molar-refractivity contribution in [3.05, 3.63) is 111 Å². The summed E-state index contributed by atoms with van der Waals surface area (Å²) in [7, 11) is 0. The zero-order chi connectivity index (χ0) is 23.5. The molecular weight excluding hydrogens is 446 g/mol. The van der Waals surface area contributed by atoms with Crippen LogP contribution in [0.3, 0.4) is 0 Å². The average molecular weight is 468 g/mol. The number of para-hydroxylation sites is 2. The molecule has 0 amide bonds. The Morgan fingerprint density at radius 2 is 1.94 bits per heavy atom. The lowest BCUT2D eigenvalue weighted by Gasteiger charge is -2.02. The van der Waals surface area contributed by atoms with Gasteiger partial charge < -0.3 is 4.42 Å². The lowest BCUT2D eigenvalue weighted by Crippen LogP contribution is -2.12. The van der Waals surface area contributed by atoms with Crippen LogP contribution in [0.15, 0.2) is 104 Å². The van der Waals surface area contributed by atoms with E-state index in [-0.39, 0.29) is 0 Å². The van der Waals surface area contributed by atoms with Gasteiger partial charge in [-0.1, -0.05) is 42.5 Å². The van der Waals surface area contributed by atoms with Gasteiger partial charge in [-0.05, 0) is 31.2 Å². The molecule has 0 N–H and O–H groups in total. The minimum atomic E-state index is -0.451. The van der Waals surface area contributed by atoms with Gasteiger partial charge in [0.05, 0.1) is 29.7 Å². The maximum Gasteiger partial charge on any atom is 0.345 e. The summed E-state index contributed by atoms with van der Waals surface area (Å²) in [6.45, 7) is 6.20. The molecule has 0 spiro atoms. The van der Waals surface area contributed by atoms with Gasteiger partial charge in [0.1, 0.15) is 11.3 Å². The zero-order valence-electron chi connectivity index (χ0n) is 18.5. The van der Waals surface area contributed by atoms with Crippen molar-refractivity contribution in [3.8, 4) is 16.9 Å². The first-order valence-electron chi connectivity index (χ1n) is 10.7. The predicted molar refractivity (Wildman–Crippen MR) is 136 cm³/mol. The lowest BCUT2D eigenvalue weighted by atomic mass is 10.1. The molecule has 0 bridgehead atoms. The number of benzene rings is 2. The minimum absolute atomic E-state index is 0.374. The second-order valence-electron chi connectivity index (χ2n) is 7.54. The second kappa shape index (κ2) is 9.29. The summed E-state index contributed by atoms with van der Waals surface area (Å²) in [5.41, 5.74) is 3.45. The van der Waals surface area contributed by atoms with Crippen LogP contribution in [0.1, 0.15) is 11.3 Å². The van der Waals surface area contributed by atoms with Crippen LogP contribution in [0.25, 0.3) is 27.9 Å². The SMILES string of the molecule is C=CCN=c1scc(C)n1N=Cc1cn(-c2ccccc2)nc1-c1cc2ccccc2oc1=O. The Kier molecular flexibility index (Phi) is 5.88. The Balaban J connectivity index is 1.67. The van der Waals surface area contributed by atoms with Gasteiger partial charge in [0.15, 0.2) is 0 Å². The number of hydrogen-bond donors (Lipinski definition) is 0. The minimum Gasteiger partial charge on any atom is -0.422 e. The average Bonchev–Trinajstić information content (AvgIpc) is 3.44. The third-order valence-corrected chi connectivity index (χ3v) is 6.15. The van der Waals surface area contributed by atoms with Crippen LogP contribution in [-0.4, -0.2) is 27.2 Å². The Morgan fingerprint density at radius 1 is 1.15 bits per heavy atom. The van der Waals surface area contributed by atoms with Crippen LogP contribution in [0.2, 0.25) is 0 Å². The number of thiazole rings is 1. The highest BCUT2D eigenvalue weighted by atomic mass is 32.1. The molecule has 0 aliphatic carbocycles. The van der Waals surface area contributed by atoms with Crippen molar-refractivity contribution in [1.29, 1.82) is 0 Å². The van der Waals surface area contributed by atoms with E-state index in [1.165, 1.54) is 11.3 Å². The largest absolute Gasteiger partial charge is 0.422 e. The molecule has 8 heteroatoms. The fourth-order valence-corrected chi connectivity index (χ4v) is 4.34. The van der Waals surface area contributed by atoms with Gasteiger partial charge in [-0.3, -0.25) is 4.99 Å². The van der Waals surface area contributed by atoms with Crippen molar-refractivity contribution < 1.29 is 4.42 Å². The quantitative estimate of drug-likeness (QED) is 0.205. The van der Waals surface area contributed by atoms with Crippen molar-refractivity contribution in [2.75, 3.05) is 6.54 Å². The first-order valence-corrected chi connectivity index (χ1v) is 11.5. The van der Waals surface area contributed by atoms with E-state index in [0.29, 0.717) is 28.9 Å². The normalized spacial score (nSPS) is 12.1. The summed E-state index contributed by atoms with van der Waals surface area (Å²) < 4.78 is 9.07. The van der Waals surface area contributed by atoms with E-state index in [0.717, 1.165) is 21.6 Å². The number of hydrogen-bond acceptors (Lipinski definition) is 6. The van der Waals surface area contributed by atoms with Gasteiger partial charge in [0.2, 0.25) is 4.80 Å². The van der Waals surface area contributed by atoms with E-state index >= 15 is 0 Å². The smallest absolute Gasteiger partial charge is 0.345 e. The second-order valence-corrected chi connectivity index (χ2v) is 8.38. The molecule has 5 rings (SSSR count). The summed E-state index contributed by atoms with van der Waals surface area (Å²) in [5, 5.41) is 12.2. The van der Waals surface area contributed by atoms with E-state index in [9.17, 15) is 4.79 Å². The third-order valence-electron chi connectivity index (χ3n) is 5.18. The Labute approximate surface area is 199 Å². The van der Waals surface area contributed by atoms with Crippen LogP contribution in [0, 0.1) is 6.92 Å². The molecule has 0 radical (unpaired) electrons. The maximum absolute atomic E-state index is 12.9. The first kappa shape index (κ1) is 21.5. The van der Waals surface area contributed by atoms with Gasteiger partial charge in [-0.2, -0.15) is 10.2 Å². The van der Waals surface area contributed by atoms with E-state index < -0.39 is 5.63 Å². The molecule has 3 aromatic heterocycles. The van der Waals surface area contributed by atoms with Gasteiger partial charge in [0, 0.05) is 22.5 Å². The maximum atomic E-state index is 12.9.